The van der Waals surface area contributed by atoms with Crippen LogP contribution in [0.3, 0.4) is 0 Å². The summed E-state index contributed by atoms with van der Waals surface area (Å²) in [6, 6.07) is 87.7. The summed E-state index contributed by atoms with van der Waals surface area (Å²) in [5, 5.41) is 14.4. The maximum Gasteiger partial charge on any atom is 0.187 e. The van der Waals surface area contributed by atoms with Crippen molar-refractivity contribution >= 4 is 66.4 Å². The quantitative estimate of drug-likeness (QED) is 0.107. The predicted molar refractivity (Wildman–Crippen MR) is 280 cm³/mol. The predicted octanol–water partition coefficient (Wildman–Crippen LogP) is 16.6. The fourth-order valence-corrected chi connectivity index (χ4v) is 10.1. The van der Waals surface area contributed by atoms with Crippen LogP contribution in [0.5, 0.6) is 0 Å². The van der Waals surface area contributed by atoms with Crippen molar-refractivity contribution < 1.29 is 0 Å². The van der Waals surface area contributed by atoms with Crippen molar-refractivity contribution in [3.63, 3.8) is 0 Å². The molecule has 10 aromatic carbocycles. The number of hydrogen-bond donors (Lipinski definition) is 0. The second-order valence-electron chi connectivity index (χ2n) is 17.2. The first-order chi connectivity index (χ1) is 33.6. The zero-order chi connectivity index (χ0) is 45.6. The van der Waals surface area contributed by atoms with E-state index in [0.717, 1.165) is 61.7 Å². The van der Waals surface area contributed by atoms with E-state index in [4.69, 9.17) is 6.57 Å². The van der Waals surface area contributed by atoms with E-state index in [2.05, 4.69) is 231 Å². The molecule has 0 aliphatic heterocycles. The highest BCUT2D eigenvalue weighted by molar-refractivity contribution is 6.11. The van der Waals surface area contributed by atoms with E-state index in [9.17, 15) is 5.26 Å². The molecule has 0 fully saturated rings. The number of hydrogen-bond acceptors (Lipinski definition) is 2. The summed E-state index contributed by atoms with van der Waals surface area (Å²) >= 11 is 0. The Kier molecular flexibility index (Phi) is 9.94. The molecule has 1 unspecified atom stereocenters. The summed E-state index contributed by atoms with van der Waals surface area (Å²) in [4.78, 5) is 5.95. The van der Waals surface area contributed by atoms with Gasteiger partial charge in [-0.25, -0.2) is 4.85 Å². The van der Waals surface area contributed by atoms with Crippen LogP contribution in [0.15, 0.2) is 243 Å². The largest absolute Gasteiger partial charge is 0.311 e. The molecule has 0 saturated carbocycles. The van der Waals surface area contributed by atoms with Crippen LogP contribution in [0.25, 0.3) is 71.0 Å². The highest BCUT2D eigenvalue weighted by Crippen LogP contribution is 2.42. The van der Waals surface area contributed by atoms with E-state index in [-0.39, 0.29) is 5.92 Å². The minimum atomic E-state index is -0.0655. The number of nitriles is 1. The van der Waals surface area contributed by atoms with Gasteiger partial charge >= 0.3 is 0 Å². The third kappa shape index (κ3) is 6.95. The highest BCUT2D eigenvalue weighted by atomic mass is 15.1. The molecular formula is C63H41N5. The van der Waals surface area contributed by atoms with E-state index in [1.807, 2.05) is 36.4 Å². The van der Waals surface area contributed by atoms with Gasteiger partial charge in [0, 0.05) is 55.9 Å². The molecule has 0 amide bonds. The molecule has 5 nitrogen and oxygen atoms in total. The molecule has 12 aromatic rings. The van der Waals surface area contributed by atoms with E-state index in [1.54, 1.807) is 0 Å². The van der Waals surface area contributed by atoms with Crippen molar-refractivity contribution in [2.45, 2.75) is 5.92 Å². The third-order valence-electron chi connectivity index (χ3n) is 13.3. The van der Waals surface area contributed by atoms with Gasteiger partial charge in [0.1, 0.15) is 0 Å². The van der Waals surface area contributed by atoms with Gasteiger partial charge in [0.05, 0.1) is 40.3 Å². The van der Waals surface area contributed by atoms with E-state index < -0.39 is 0 Å². The molecular weight excluding hydrogens is 827 g/mol. The van der Waals surface area contributed by atoms with Crippen molar-refractivity contribution in [1.82, 2.24) is 9.13 Å². The fraction of sp³-hybridized carbons (Fsp3) is 0.0159. The Balaban J connectivity index is 0.917. The first kappa shape index (κ1) is 40.1. The Bertz CT molecular complexity index is 3630. The van der Waals surface area contributed by atoms with Gasteiger partial charge in [0.15, 0.2) is 5.69 Å². The maximum absolute atomic E-state index is 9.68. The first-order valence-electron chi connectivity index (χ1n) is 22.8. The van der Waals surface area contributed by atoms with Gasteiger partial charge in [-0.05, 0) is 131 Å². The van der Waals surface area contributed by atoms with Gasteiger partial charge in [-0.1, -0.05) is 140 Å². The molecule has 0 saturated heterocycles. The van der Waals surface area contributed by atoms with Crippen molar-refractivity contribution in [3.8, 4) is 28.6 Å². The smallest absolute Gasteiger partial charge is 0.187 e. The lowest BCUT2D eigenvalue weighted by molar-refractivity contribution is 0.979. The lowest BCUT2D eigenvalue weighted by Gasteiger charge is -2.26. The second-order valence-corrected chi connectivity index (χ2v) is 17.2. The van der Waals surface area contributed by atoms with Gasteiger partial charge < -0.3 is 14.0 Å². The Morgan fingerprint density at radius 3 is 1.37 bits per heavy atom. The van der Waals surface area contributed by atoms with Crippen LogP contribution in [-0.4, -0.2) is 9.13 Å². The average Bonchev–Trinajstić information content (AvgIpc) is 3.92. The molecule has 68 heavy (non-hydrogen) atoms. The summed E-state index contributed by atoms with van der Waals surface area (Å²) in [5.41, 5.74) is 16.8. The summed E-state index contributed by atoms with van der Waals surface area (Å²) in [6.07, 6.45) is 0. The molecule has 0 aliphatic rings. The zero-order valence-electron chi connectivity index (χ0n) is 36.9. The number of para-hydroxylation sites is 4. The molecule has 0 bridgehead atoms. The second kappa shape index (κ2) is 16.9. The number of rotatable bonds is 9. The molecule has 2 heterocycles. The van der Waals surface area contributed by atoms with Crippen molar-refractivity contribution in [2.75, 3.05) is 4.90 Å². The molecule has 318 valence electrons. The Morgan fingerprint density at radius 1 is 0.397 bits per heavy atom. The lowest BCUT2D eigenvalue weighted by Crippen LogP contribution is -2.09. The number of aromatic nitrogens is 2. The molecule has 12 rings (SSSR count). The number of benzene rings is 10. The third-order valence-corrected chi connectivity index (χ3v) is 13.3. The molecule has 0 radical (unpaired) electrons. The molecule has 0 aliphatic carbocycles. The van der Waals surface area contributed by atoms with Crippen LogP contribution in [0, 0.1) is 17.9 Å². The van der Waals surface area contributed by atoms with E-state index >= 15 is 0 Å². The normalized spacial score (nSPS) is 11.7. The van der Waals surface area contributed by atoms with Crippen LogP contribution in [-0.2, 0) is 0 Å². The van der Waals surface area contributed by atoms with Gasteiger partial charge in [0.2, 0.25) is 0 Å². The molecule has 0 spiro atoms. The summed E-state index contributed by atoms with van der Waals surface area (Å²) < 4.78 is 4.68. The van der Waals surface area contributed by atoms with Crippen LogP contribution in [0.4, 0.5) is 22.7 Å². The fourth-order valence-electron chi connectivity index (χ4n) is 10.1. The number of nitrogens with zero attached hydrogens (tertiary/aromatic N) is 5. The minimum Gasteiger partial charge on any atom is -0.311 e. The summed E-state index contributed by atoms with van der Waals surface area (Å²) in [5.74, 6) is -0.0655. The summed E-state index contributed by atoms with van der Waals surface area (Å²) in [7, 11) is 0. The van der Waals surface area contributed by atoms with Crippen molar-refractivity contribution in [2.24, 2.45) is 0 Å². The van der Waals surface area contributed by atoms with Crippen LogP contribution in [0.2, 0.25) is 0 Å². The minimum absolute atomic E-state index is 0.0655. The molecule has 0 N–H and O–H groups in total. The van der Waals surface area contributed by atoms with Crippen LogP contribution < -0.4 is 4.90 Å². The van der Waals surface area contributed by atoms with Crippen molar-refractivity contribution in [1.29, 1.82) is 5.26 Å². The van der Waals surface area contributed by atoms with Gasteiger partial charge in [-0.15, -0.1) is 0 Å². The Hall–Kier alpha value is -9.42. The number of fused-ring (bicyclic) bond motifs is 6. The van der Waals surface area contributed by atoms with E-state index in [0.29, 0.717) is 11.3 Å². The highest BCUT2D eigenvalue weighted by Gasteiger charge is 2.22. The first-order valence-corrected chi connectivity index (χ1v) is 22.8. The van der Waals surface area contributed by atoms with Gasteiger partial charge in [0.25, 0.3) is 0 Å². The molecule has 5 heteroatoms. The maximum atomic E-state index is 9.68. The van der Waals surface area contributed by atoms with Gasteiger partial charge in [-0.2, -0.15) is 5.26 Å². The number of anilines is 3. The monoisotopic (exact) mass is 867 g/mol. The lowest BCUT2D eigenvalue weighted by atomic mass is 9.83. The SMILES string of the molecule is [C-]#[N+]c1ccc(N(c2ccc(-c3ccc(C(c4ccc(C#N)cc4)c4ccc5c(c4)c4ccccc4n5-c4ccccc4)cc3)cc2)c2ccc3c(c2)c2ccccc2n3-c2ccccc2)cc1. The van der Waals surface area contributed by atoms with Crippen molar-refractivity contribution in [3.05, 3.63) is 276 Å². The standard InChI is InChI=1S/C63H41N5/c1-65-49-31-35-53(36-32-49)66(54-37-39-62-58(41-54)56-17-9-11-19-60(56)68(62)51-14-6-3-7-15-51)52-33-28-45(29-34-52)44-24-26-47(27-25-44)63(46-22-20-43(42-64)21-23-46)48-30-38-61-57(40-48)55-16-8-10-18-59(55)67(61)50-12-4-2-5-13-50/h2-41,63H. The molecule has 1 atom stereocenters. The molecule has 2 aromatic heterocycles. The Labute approximate surface area is 394 Å². The van der Waals surface area contributed by atoms with E-state index in [1.165, 1.54) is 38.2 Å². The zero-order valence-corrected chi connectivity index (χ0v) is 36.9. The average molecular weight is 868 g/mol. The van der Waals surface area contributed by atoms with Crippen LogP contribution in [0.1, 0.15) is 28.2 Å². The summed E-state index contributed by atoms with van der Waals surface area (Å²) in [6.45, 7) is 7.62. The van der Waals surface area contributed by atoms with Crippen LogP contribution >= 0.6 is 0 Å². The van der Waals surface area contributed by atoms with Gasteiger partial charge in [-0.3, -0.25) is 0 Å². The Morgan fingerprint density at radius 2 is 0.824 bits per heavy atom. The topological polar surface area (TPSA) is 41.2 Å².